The lowest BCUT2D eigenvalue weighted by atomic mass is 10.1. The van der Waals surface area contributed by atoms with Crippen molar-refractivity contribution in [2.45, 2.75) is 0 Å². The van der Waals surface area contributed by atoms with Crippen molar-refractivity contribution in [3.05, 3.63) is 65.9 Å². The molecule has 0 saturated carbocycles. The van der Waals surface area contributed by atoms with Gasteiger partial charge < -0.3 is 10.4 Å². The second-order valence-corrected chi connectivity index (χ2v) is 4.53. The van der Waals surface area contributed by atoms with E-state index >= 15 is 0 Å². The van der Waals surface area contributed by atoms with Crippen LogP contribution in [0.15, 0.2) is 48.8 Å². The highest BCUT2D eigenvalue weighted by molar-refractivity contribution is 5.95. The van der Waals surface area contributed by atoms with Crippen LogP contribution < -0.4 is 5.32 Å². The van der Waals surface area contributed by atoms with Gasteiger partial charge in [0.05, 0.1) is 24.0 Å². The van der Waals surface area contributed by atoms with E-state index in [2.05, 4.69) is 20.1 Å². The number of aromatic carboxylic acids is 1. The number of fused-ring (bicyclic) bond motifs is 1. The van der Waals surface area contributed by atoms with Gasteiger partial charge in [-0.1, -0.05) is 6.07 Å². The number of nitrogens with one attached hydrogen (secondary N) is 1. The van der Waals surface area contributed by atoms with Gasteiger partial charge in [0.2, 0.25) is 0 Å². The van der Waals surface area contributed by atoms with E-state index in [1.165, 1.54) is 12.3 Å². The molecule has 0 atom stereocenters. The predicted octanol–water partition coefficient (Wildman–Crippen LogP) is 3.62. The number of carbonyl (C=O) groups is 1. The summed E-state index contributed by atoms with van der Waals surface area (Å²) in [6, 6.07) is 10.1. The predicted molar refractivity (Wildman–Crippen MR) is 82.5 cm³/mol. The Kier molecular flexibility index (Phi) is 3.38. The maximum Gasteiger partial charge on any atom is 0.354 e. The fraction of sp³-hybridized carbons (Fsp3) is 0. The van der Waals surface area contributed by atoms with Crippen LogP contribution in [-0.4, -0.2) is 21.0 Å². The van der Waals surface area contributed by atoms with Crippen molar-refractivity contribution < 1.29 is 9.90 Å². The molecule has 3 rings (SSSR count). The molecule has 0 spiro atoms. The van der Waals surface area contributed by atoms with Gasteiger partial charge in [0.15, 0.2) is 5.69 Å². The monoisotopic (exact) mass is 290 g/mol. The lowest BCUT2D eigenvalue weighted by Crippen LogP contribution is -2.00. The third-order valence-electron chi connectivity index (χ3n) is 3.12. The summed E-state index contributed by atoms with van der Waals surface area (Å²) in [4.78, 5) is 22.3. The molecule has 2 heterocycles. The van der Waals surface area contributed by atoms with Crippen molar-refractivity contribution in [1.82, 2.24) is 9.97 Å². The first-order valence-electron chi connectivity index (χ1n) is 6.40. The van der Waals surface area contributed by atoms with Gasteiger partial charge in [-0.05, 0) is 30.3 Å². The molecule has 6 heteroatoms. The number of carboxylic acids is 1. The van der Waals surface area contributed by atoms with Crippen LogP contribution in [0.2, 0.25) is 0 Å². The van der Waals surface area contributed by atoms with Gasteiger partial charge >= 0.3 is 5.97 Å². The molecule has 6 nitrogen and oxygen atoms in total. The highest BCUT2D eigenvalue weighted by atomic mass is 16.4. The van der Waals surface area contributed by atoms with Crippen LogP contribution in [0.4, 0.5) is 17.1 Å². The lowest BCUT2D eigenvalue weighted by molar-refractivity contribution is 0.0690. The van der Waals surface area contributed by atoms with E-state index in [1.54, 1.807) is 36.5 Å². The van der Waals surface area contributed by atoms with E-state index in [1.807, 2.05) is 0 Å². The third kappa shape index (κ3) is 2.55. The van der Waals surface area contributed by atoms with E-state index in [-0.39, 0.29) is 5.69 Å². The largest absolute Gasteiger partial charge is 0.477 e. The van der Waals surface area contributed by atoms with Gasteiger partial charge in [-0.3, -0.25) is 4.98 Å². The number of benzene rings is 1. The number of hydrogen-bond donors (Lipinski definition) is 2. The average Bonchev–Trinajstić information content (AvgIpc) is 2.55. The Morgan fingerprint density at radius 2 is 2.05 bits per heavy atom. The molecule has 106 valence electrons. The Morgan fingerprint density at radius 1 is 1.18 bits per heavy atom. The molecule has 0 radical (unpaired) electrons. The summed E-state index contributed by atoms with van der Waals surface area (Å²) in [5.74, 6) is -1.07. The normalized spacial score (nSPS) is 10.1. The maximum atomic E-state index is 10.8. The van der Waals surface area contributed by atoms with Crippen molar-refractivity contribution in [3.8, 4) is 0 Å². The molecule has 0 bridgehead atoms. The number of nitrogens with zero attached hydrogens (tertiary/aromatic N) is 3. The van der Waals surface area contributed by atoms with Crippen molar-refractivity contribution in [2.75, 3.05) is 5.32 Å². The topological polar surface area (TPSA) is 79.5 Å². The van der Waals surface area contributed by atoms with Gasteiger partial charge in [-0.2, -0.15) is 0 Å². The van der Waals surface area contributed by atoms with Crippen molar-refractivity contribution in [3.63, 3.8) is 0 Å². The van der Waals surface area contributed by atoms with Gasteiger partial charge in [-0.15, -0.1) is 0 Å². The summed E-state index contributed by atoms with van der Waals surface area (Å²) in [7, 11) is 0. The zero-order valence-corrected chi connectivity index (χ0v) is 11.3. The van der Waals surface area contributed by atoms with E-state index < -0.39 is 5.97 Å². The van der Waals surface area contributed by atoms with Crippen molar-refractivity contribution in [1.29, 1.82) is 0 Å². The Morgan fingerprint density at radius 3 is 2.73 bits per heavy atom. The van der Waals surface area contributed by atoms with Crippen molar-refractivity contribution in [2.24, 2.45) is 0 Å². The van der Waals surface area contributed by atoms with E-state index in [0.29, 0.717) is 11.4 Å². The van der Waals surface area contributed by atoms with Crippen LogP contribution in [0.25, 0.3) is 15.7 Å². The van der Waals surface area contributed by atoms with Gasteiger partial charge in [0, 0.05) is 17.3 Å². The molecule has 0 amide bonds. The SMILES string of the molecule is [C-]#[N+]c1ccc2nccc(Nc3ccc(C(=O)O)nc3)c2c1. The fourth-order valence-corrected chi connectivity index (χ4v) is 2.06. The summed E-state index contributed by atoms with van der Waals surface area (Å²) < 4.78 is 0. The molecular formula is C16H10N4O2. The molecule has 0 fully saturated rings. The van der Waals surface area contributed by atoms with Crippen LogP contribution in [-0.2, 0) is 0 Å². The highest BCUT2D eigenvalue weighted by Gasteiger charge is 2.06. The zero-order valence-electron chi connectivity index (χ0n) is 11.3. The number of pyridine rings is 2. The standard InChI is InChI=1S/C16H10N4O2/c1-17-10-2-4-13-12(8-10)14(6-7-18-13)20-11-3-5-15(16(21)22)19-9-11/h2-9H,(H,18,20)(H,21,22). The highest BCUT2D eigenvalue weighted by Crippen LogP contribution is 2.28. The summed E-state index contributed by atoms with van der Waals surface area (Å²) in [5, 5.41) is 12.8. The molecule has 0 aliphatic rings. The minimum absolute atomic E-state index is 0.0135. The van der Waals surface area contributed by atoms with E-state index in [4.69, 9.17) is 11.7 Å². The number of carboxylic acid groups (broad SMARTS) is 1. The molecule has 0 aliphatic carbocycles. The van der Waals surface area contributed by atoms with Crippen LogP contribution >= 0.6 is 0 Å². The Bertz CT molecular complexity index is 898. The molecule has 3 aromatic rings. The Hall–Kier alpha value is -3.46. The summed E-state index contributed by atoms with van der Waals surface area (Å²) in [6.07, 6.45) is 3.12. The van der Waals surface area contributed by atoms with Gasteiger partial charge in [-0.25, -0.2) is 14.6 Å². The molecule has 22 heavy (non-hydrogen) atoms. The smallest absolute Gasteiger partial charge is 0.354 e. The second kappa shape index (κ2) is 5.50. The minimum Gasteiger partial charge on any atom is -0.477 e. The molecular weight excluding hydrogens is 280 g/mol. The quantitative estimate of drug-likeness (QED) is 0.720. The average molecular weight is 290 g/mol. The van der Waals surface area contributed by atoms with Crippen LogP contribution in [0.5, 0.6) is 0 Å². The molecule has 0 unspecified atom stereocenters. The second-order valence-electron chi connectivity index (χ2n) is 4.53. The van der Waals surface area contributed by atoms with Crippen LogP contribution in [0.3, 0.4) is 0 Å². The Labute approximate surface area is 125 Å². The first kappa shape index (κ1) is 13.5. The summed E-state index contributed by atoms with van der Waals surface area (Å²) >= 11 is 0. The van der Waals surface area contributed by atoms with Gasteiger partial charge in [0.25, 0.3) is 0 Å². The first-order chi connectivity index (χ1) is 10.7. The molecule has 0 aliphatic heterocycles. The van der Waals surface area contributed by atoms with E-state index in [0.717, 1.165) is 16.6 Å². The number of aromatic nitrogens is 2. The first-order valence-corrected chi connectivity index (χ1v) is 6.40. The molecule has 2 aromatic heterocycles. The van der Waals surface area contributed by atoms with E-state index in [9.17, 15) is 4.79 Å². The van der Waals surface area contributed by atoms with Crippen molar-refractivity contribution >= 4 is 33.9 Å². The minimum atomic E-state index is -1.07. The fourth-order valence-electron chi connectivity index (χ4n) is 2.06. The lowest BCUT2D eigenvalue weighted by Gasteiger charge is -2.09. The maximum absolute atomic E-state index is 10.8. The molecule has 2 N–H and O–H groups in total. The number of anilines is 2. The summed E-state index contributed by atoms with van der Waals surface area (Å²) in [5.41, 5.74) is 2.72. The molecule has 1 aromatic carbocycles. The summed E-state index contributed by atoms with van der Waals surface area (Å²) in [6.45, 7) is 7.09. The zero-order chi connectivity index (χ0) is 15.5. The van der Waals surface area contributed by atoms with Crippen LogP contribution in [0.1, 0.15) is 10.5 Å². The number of rotatable bonds is 3. The third-order valence-corrected chi connectivity index (χ3v) is 3.12. The van der Waals surface area contributed by atoms with Gasteiger partial charge in [0.1, 0.15) is 5.69 Å². The Balaban J connectivity index is 1.99. The molecule has 0 saturated heterocycles. The van der Waals surface area contributed by atoms with Crippen LogP contribution in [0, 0.1) is 6.57 Å². The number of hydrogen-bond acceptors (Lipinski definition) is 4.